The molecule has 152 valence electrons. The first-order valence-corrected chi connectivity index (χ1v) is 10.2. The van der Waals surface area contributed by atoms with Gasteiger partial charge in [0.15, 0.2) is 0 Å². The number of nitrogens with zero attached hydrogens (tertiary/aromatic N) is 3. The summed E-state index contributed by atoms with van der Waals surface area (Å²) in [5.74, 6) is 0.498. The molecule has 2 aromatic rings. The number of nitrogens with one attached hydrogen (secondary N) is 1. The van der Waals surface area contributed by atoms with Crippen LogP contribution < -0.4 is 10.2 Å². The number of piperidine rings is 1. The predicted octanol–water partition coefficient (Wildman–Crippen LogP) is 3.98. The zero-order valence-electron chi connectivity index (χ0n) is 16.9. The molecule has 0 saturated carbocycles. The molecule has 1 amide bonds. The van der Waals surface area contributed by atoms with E-state index in [0.29, 0.717) is 5.69 Å². The van der Waals surface area contributed by atoms with Gasteiger partial charge in [0.2, 0.25) is 0 Å². The fourth-order valence-electron chi connectivity index (χ4n) is 4.52. The second-order valence-electron chi connectivity index (χ2n) is 7.95. The third-order valence-electron chi connectivity index (χ3n) is 5.94. The lowest BCUT2D eigenvalue weighted by Gasteiger charge is -2.47. The molecule has 4 rings (SSSR count). The Bertz CT molecular complexity index is 913. The lowest BCUT2D eigenvalue weighted by atomic mass is 9.82. The zero-order valence-corrected chi connectivity index (χ0v) is 16.9. The first-order chi connectivity index (χ1) is 14.0. The zero-order chi connectivity index (χ0) is 20.4. The van der Waals surface area contributed by atoms with Crippen molar-refractivity contribution >= 4 is 17.4 Å². The molecule has 1 saturated heterocycles. The molecule has 0 radical (unpaired) electrons. The van der Waals surface area contributed by atoms with Gasteiger partial charge in [0.05, 0.1) is 5.54 Å². The number of amides is 1. The maximum absolute atomic E-state index is 13.8. The molecule has 2 unspecified atom stereocenters. The summed E-state index contributed by atoms with van der Waals surface area (Å²) in [4.78, 5) is 21.3. The van der Waals surface area contributed by atoms with E-state index in [2.05, 4.69) is 35.1 Å². The highest BCUT2D eigenvalue weighted by Gasteiger charge is 2.46. The van der Waals surface area contributed by atoms with Crippen LogP contribution in [0.4, 0.5) is 15.9 Å². The molecule has 1 aromatic heterocycles. The van der Waals surface area contributed by atoms with Crippen LogP contribution in [0.2, 0.25) is 0 Å². The van der Waals surface area contributed by atoms with Gasteiger partial charge in [-0.2, -0.15) is 0 Å². The molecule has 2 aliphatic rings. The van der Waals surface area contributed by atoms with Crippen molar-refractivity contribution in [3.8, 4) is 0 Å². The maximum atomic E-state index is 13.8. The molecule has 2 atom stereocenters. The molecule has 3 heterocycles. The number of carbonyl (C=O) groups excluding carboxylic acids is 1. The van der Waals surface area contributed by atoms with E-state index in [-0.39, 0.29) is 23.3 Å². The summed E-state index contributed by atoms with van der Waals surface area (Å²) in [5, 5.41) is 3.21. The van der Waals surface area contributed by atoms with Crippen LogP contribution in [0, 0.1) is 5.82 Å². The Balaban J connectivity index is 1.48. The van der Waals surface area contributed by atoms with E-state index in [1.54, 1.807) is 17.0 Å². The van der Waals surface area contributed by atoms with Gasteiger partial charge in [-0.15, -0.1) is 0 Å². The van der Waals surface area contributed by atoms with Crippen molar-refractivity contribution in [2.45, 2.75) is 44.8 Å². The molecule has 1 N–H and O–H groups in total. The number of benzene rings is 1. The number of likely N-dealkylation sites (tertiary alicyclic amines) is 1. The van der Waals surface area contributed by atoms with E-state index < -0.39 is 0 Å². The van der Waals surface area contributed by atoms with Gasteiger partial charge in [-0.05, 0) is 56.5 Å². The van der Waals surface area contributed by atoms with Gasteiger partial charge < -0.3 is 5.32 Å². The number of halogens is 1. The molecule has 29 heavy (non-hydrogen) atoms. The highest BCUT2D eigenvalue weighted by atomic mass is 19.1. The van der Waals surface area contributed by atoms with Crippen LogP contribution in [-0.2, 0) is 11.3 Å². The van der Waals surface area contributed by atoms with Crippen LogP contribution in [0.3, 0.4) is 0 Å². The average Bonchev–Trinajstić information content (AvgIpc) is 3.01. The standard InChI is InChI=1S/C23H27FN4O/c1-3-25-21-8-7-18(15-26-21)16-27-12-11-23(14-17(27)2)10-9-22(29)28(23)20-6-4-5-19(24)13-20/h4-10,13,15,17H,3,11-12,14,16H2,1-2H3,(H,25,26). The van der Waals surface area contributed by atoms with Crippen LogP contribution in [0.25, 0.3) is 0 Å². The summed E-state index contributed by atoms with van der Waals surface area (Å²) >= 11 is 0. The van der Waals surface area contributed by atoms with E-state index in [4.69, 9.17) is 0 Å². The number of hydrogen-bond donors (Lipinski definition) is 1. The van der Waals surface area contributed by atoms with Gasteiger partial charge in [-0.3, -0.25) is 14.6 Å². The van der Waals surface area contributed by atoms with Crippen molar-refractivity contribution in [2.24, 2.45) is 0 Å². The van der Waals surface area contributed by atoms with Crippen LogP contribution in [0.15, 0.2) is 54.7 Å². The molecule has 1 aromatic carbocycles. The van der Waals surface area contributed by atoms with E-state index in [1.807, 2.05) is 24.4 Å². The Labute approximate surface area is 171 Å². The summed E-state index contributed by atoms with van der Waals surface area (Å²) in [6.07, 6.45) is 7.21. The summed E-state index contributed by atoms with van der Waals surface area (Å²) in [5.41, 5.74) is 1.42. The molecule has 0 aliphatic carbocycles. The van der Waals surface area contributed by atoms with E-state index in [1.165, 1.54) is 17.7 Å². The summed E-state index contributed by atoms with van der Waals surface area (Å²) in [6.45, 7) is 6.79. The largest absolute Gasteiger partial charge is 0.370 e. The molecule has 1 spiro atoms. The molecule has 0 bridgehead atoms. The molecule has 2 aliphatic heterocycles. The topological polar surface area (TPSA) is 48.5 Å². The molecule has 6 heteroatoms. The van der Waals surface area contributed by atoms with E-state index in [9.17, 15) is 9.18 Å². The van der Waals surface area contributed by atoms with Crippen LogP contribution in [0.1, 0.15) is 32.3 Å². The minimum Gasteiger partial charge on any atom is -0.370 e. The van der Waals surface area contributed by atoms with E-state index in [0.717, 1.165) is 38.3 Å². The Morgan fingerprint density at radius 3 is 2.86 bits per heavy atom. The smallest absolute Gasteiger partial charge is 0.251 e. The molecule has 5 nitrogen and oxygen atoms in total. The van der Waals surface area contributed by atoms with Gasteiger partial charge in [-0.25, -0.2) is 9.37 Å². The Morgan fingerprint density at radius 1 is 1.31 bits per heavy atom. The number of hydrogen-bond acceptors (Lipinski definition) is 4. The van der Waals surface area contributed by atoms with Crippen molar-refractivity contribution in [3.63, 3.8) is 0 Å². The first kappa shape index (κ1) is 19.6. The third kappa shape index (κ3) is 3.90. The maximum Gasteiger partial charge on any atom is 0.251 e. The Hall–Kier alpha value is -2.73. The third-order valence-corrected chi connectivity index (χ3v) is 5.94. The lowest BCUT2D eigenvalue weighted by molar-refractivity contribution is -0.114. The fourth-order valence-corrected chi connectivity index (χ4v) is 4.52. The predicted molar refractivity (Wildman–Crippen MR) is 113 cm³/mol. The second-order valence-corrected chi connectivity index (χ2v) is 7.95. The number of carbonyl (C=O) groups is 1. The normalized spacial score (nSPS) is 24.4. The summed E-state index contributed by atoms with van der Waals surface area (Å²) in [7, 11) is 0. The van der Waals surface area contributed by atoms with Crippen LogP contribution in [-0.4, -0.2) is 40.5 Å². The van der Waals surface area contributed by atoms with Crippen molar-refractivity contribution < 1.29 is 9.18 Å². The summed E-state index contributed by atoms with van der Waals surface area (Å²) < 4.78 is 13.8. The van der Waals surface area contributed by atoms with Crippen LogP contribution >= 0.6 is 0 Å². The second kappa shape index (κ2) is 7.95. The lowest BCUT2D eigenvalue weighted by Crippen LogP contribution is -2.56. The van der Waals surface area contributed by atoms with Gasteiger partial charge in [0, 0.05) is 43.6 Å². The number of aromatic nitrogens is 1. The SMILES string of the molecule is CCNc1ccc(CN2CCC3(C=CC(=O)N3c3cccc(F)c3)CC2C)cn1. The van der Waals surface area contributed by atoms with Crippen molar-refractivity contribution in [2.75, 3.05) is 23.3 Å². The minimum atomic E-state index is -0.381. The Kier molecular flexibility index (Phi) is 5.37. The van der Waals surface area contributed by atoms with Gasteiger partial charge in [-0.1, -0.05) is 18.2 Å². The molecular weight excluding hydrogens is 367 g/mol. The van der Waals surface area contributed by atoms with Crippen LogP contribution in [0.5, 0.6) is 0 Å². The van der Waals surface area contributed by atoms with Crippen molar-refractivity contribution in [1.29, 1.82) is 0 Å². The van der Waals surface area contributed by atoms with Crippen molar-refractivity contribution in [3.05, 3.63) is 66.1 Å². The van der Waals surface area contributed by atoms with E-state index >= 15 is 0 Å². The Morgan fingerprint density at radius 2 is 2.17 bits per heavy atom. The minimum absolute atomic E-state index is 0.0699. The number of anilines is 2. The van der Waals surface area contributed by atoms with Gasteiger partial charge in [0.25, 0.3) is 5.91 Å². The molecule has 1 fully saturated rings. The number of rotatable bonds is 5. The van der Waals surface area contributed by atoms with Gasteiger partial charge in [0.1, 0.15) is 11.6 Å². The summed E-state index contributed by atoms with van der Waals surface area (Å²) in [6, 6.07) is 10.7. The average molecular weight is 394 g/mol. The number of pyridine rings is 1. The molecular formula is C23H27FN4O. The quantitative estimate of drug-likeness (QED) is 0.833. The van der Waals surface area contributed by atoms with Crippen molar-refractivity contribution in [1.82, 2.24) is 9.88 Å². The monoisotopic (exact) mass is 394 g/mol. The highest BCUT2D eigenvalue weighted by molar-refractivity contribution is 6.06. The highest BCUT2D eigenvalue weighted by Crippen LogP contribution is 2.40. The first-order valence-electron chi connectivity index (χ1n) is 10.2. The van der Waals surface area contributed by atoms with Gasteiger partial charge >= 0.3 is 0 Å². The fraction of sp³-hybridized carbons (Fsp3) is 0.391.